The highest BCUT2D eigenvalue weighted by atomic mass is 32.2. The van der Waals surface area contributed by atoms with E-state index in [1.165, 1.54) is 25.1 Å². The largest absolute Gasteiger partial charge is 0.481 e. The second-order valence-electron chi connectivity index (χ2n) is 5.35. The quantitative estimate of drug-likeness (QED) is 0.698. The van der Waals surface area contributed by atoms with E-state index in [-0.39, 0.29) is 34.9 Å². The molecule has 1 aliphatic rings. The van der Waals surface area contributed by atoms with Gasteiger partial charge in [0.2, 0.25) is 0 Å². The summed E-state index contributed by atoms with van der Waals surface area (Å²) < 4.78 is 24.6. The number of hydrogen-bond acceptors (Lipinski definition) is 5. The van der Waals surface area contributed by atoms with Crippen molar-refractivity contribution < 1.29 is 28.2 Å². The lowest BCUT2D eigenvalue weighted by Gasteiger charge is -2.26. The Morgan fingerprint density at radius 3 is 2.52 bits per heavy atom. The normalized spacial score (nSPS) is 21.3. The SMILES string of the molecule is CCS(=O)(=O)c1ccc(N)cc1[C@H]1[C@@H](C(=O)O)CCN1C(=O)O. The van der Waals surface area contributed by atoms with Crippen molar-refractivity contribution in [2.24, 2.45) is 5.92 Å². The number of carbonyl (C=O) groups is 2. The topological polar surface area (TPSA) is 138 Å². The van der Waals surface area contributed by atoms with Gasteiger partial charge in [-0.15, -0.1) is 0 Å². The zero-order chi connectivity index (χ0) is 17.4. The summed E-state index contributed by atoms with van der Waals surface area (Å²) in [5.41, 5.74) is 6.09. The summed E-state index contributed by atoms with van der Waals surface area (Å²) >= 11 is 0. The summed E-state index contributed by atoms with van der Waals surface area (Å²) in [7, 11) is -3.65. The van der Waals surface area contributed by atoms with E-state index in [0.29, 0.717) is 0 Å². The van der Waals surface area contributed by atoms with E-state index in [4.69, 9.17) is 5.73 Å². The smallest absolute Gasteiger partial charge is 0.407 e. The predicted molar refractivity (Wildman–Crippen MR) is 81.8 cm³/mol. The van der Waals surface area contributed by atoms with E-state index >= 15 is 0 Å². The molecule has 0 radical (unpaired) electrons. The Kier molecular flexibility index (Phi) is 4.51. The fourth-order valence-electron chi connectivity index (χ4n) is 2.89. The van der Waals surface area contributed by atoms with Gasteiger partial charge in [-0.2, -0.15) is 0 Å². The molecular weight excluding hydrogens is 324 g/mol. The molecule has 126 valence electrons. The summed E-state index contributed by atoms with van der Waals surface area (Å²) in [6, 6.07) is 2.98. The van der Waals surface area contributed by atoms with Gasteiger partial charge in [-0.1, -0.05) is 6.92 Å². The second-order valence-corrected chi connectivity index (χ2v) is 7.60. The third-order valence-electron chi connectivity index (χ3n) is 4.03. The van der Waals surface area contributed by atoms with Crippen molar-refractivity contribution in [3.05, 3.63) is 23.8 Å². The highest BCUT2D eigenvalue weighted by Gasteiger charge is 2.44. The average molecular weight is 342 g/mol. The molecule has 1 aliphatic heterocycles. The molecule has 1 fully saturated rings. The van der Waals surface area contributed by atoms with E-state index < -0.39 is 33.9 Å². The Bertz CT molecular complexity index is 724. The zero-order valence-electron chi connectivity index (χ0n) is 12.5. The third-order valence-corrected chi connectivity index (χ3v) is 5.83. The van der Waals surface area contributed by atoms with E-state index in [0.717, 1.165) is 4.90 Å². The molecule has 1 saturated heterocycles. The van der Waals surface area contributed by atoms with Crippen molar-refractivity contribution in [1.29, 1.82) is 0 Å². The molecule has 1 heterocycles. The predicted octanol–water partition coefficient (Wildman–Crippen LogP) is 1.19. The number of carboxylic acid groups (broad SMARTS) is 2. The van der Waals surface area contributed by atoms with Crippen LogP contribution in [0.3, 0.4) is 0 Å². The van der Waals surface area contributed by atoms with Gasteiger partial charge in [0.25, 0.3) is 0 Å². The minimum Gasteiger partial charge on any atom is -0.481 e. The van der Waals surface area contributed by atoms with Crippen molar-refractivity contribution in [3.63, 3.8) is 0 Å². The number of sulfone groups is 1. The number of benzene rings is 1. The molecule has 0 bridgehead atoms. The Morgan fingerprint density at radius 2 is 2.00 bits per heavy atom. The Hall–Kier alpha value is -2.29. The van der Waals surface area contributed by atoms with Crippen molar-refractivity contribution in [2.45, 2.75) is 24.3 Å². The monoisotopic (exact) mass is 342 g/mol. The lowest BCUT2D eigenvalue weighted by molar-refractivity contribution is -0.142. The molecule has 4 N–H and O–H groups in total. The summed E-state index contributed by atoms with van der Waals surface area (Å²) in [5, 5.41) is 18.7. The summed E-state index contributed by atoms with van der Waals surface area (Å²) in [4.78, 5) is 23.8. The maximum Gasteiger partial charge on any atom is 0.407 e. The molecule has 2 rings (SSSR count). The Morgan fingerprint density at radius 1 is 1.35 bits per heavy atom. The molecule has 1 aromatic carbocycles. The molecule has 2 atom stereocenters. The number of nitrogens with zero attached hydrogens (tertiary/aromatic N) is 1. The van der Waals surface area contributed by atoms with Crippen LogP contribution in [-0.4, -0.2) is 47.9 Å². The molecule has 9 heteroatoms. The first-order chi connectivity index (χ1) is 10.7. The number of nitrogens with two attached hydrogens (primary N) is 1. The minimum absolute atomic E-state index is 0.0252. The first-order valence-corrected chi connectivity index (χ1v) is 8.68. The number of carboxylic acids is 1. The molecular formula is C14H18N2O6S. The van der Waals surface area contributed by atoms with Crippen molar-refractivity contribution in [2.75, 3.05) is 18.0 Å². The van der Waals surface area contributed by atoms with Crippen molar-refractivity contribution in [1.82, 2.24) is 4.90 Å². The van der Waals surface area contributed by atoms with E-state index in [2.05, 4.69) is 0 Å². The Labute approximate surface area is 133 Å². The van der Waals surface area contributed by atoms with Gasteiger partial charge in [0.05, 0.1) is 22.6 Å². The zero-order valence-corrected chi connectivity index (χ0v) is 13.3. The summed E-state index contributed by atoms with van der Waals surface area (Å²) in [6.07, 6.45) is -1.17. The number of amides is 1. The highest BCUT2D eigenvalue weighted by molar-refractivity contribution is 7.91. The molecule has 0 saturated carbocycles. The van der Waals surface area contributed by atoms with Crippen LogP contribution in [0.5, 0.6) is 0 Å². The number of rotatable bonds is 4. The van der Waals surface area contributed by atoms with Crippen LogP contribution < -0.4 is 5.73 Å². The number of hydrogen-bond donors (Lipinski definition) is 3. The molecule has 1 amide bonds. The average Bonchev–Trinajstić information content (AvgIpc) is 2.92. The minimum atomic E-state index is -3.65. The molecule has 0 spiro atoms. The lowest BCUT2D eigenvalue weighted by atomic mass is 9.93. The van der Waals surface area contributed by atoms with Crippen molar-refractivity contribution in [3.8, 4) is 0 Å². The fourth-order valence-corrected chi connectivity index (χ4v) is 4.01. The number of likely N-dealkylation sites (tertiary alicyclic amines) is 1. The standard InChI is InChI=1S/C14H18N2O6S/c1-2-23(21,22)11-4-3-8(15)7-10(11)12-9(13(17)18)5-6-16(12)14(19)20/h3-4,7,9,12H,2,5-6,15H2,1H3,(H,17,18)(H,19,20)/t9-,12+/m0/s1. The van der Waals surface area contributed by atoms with Crippen LogP contribution >= 0.6 is 0 Å². The number of anilines is 1. The van der Waals surface area contributed by atoms with E-state index in [9.17, 15) is 28.2 Å². The second kappa shape index (κ2) is 6.07. The van der Waals surface area contributed by atoms with E-state index in [1.807, 2.05) is 0 Å². The van der Waals surface area contributed by atoms with Gasteiger partial charge in [-0.25, -0.2) is 13.2 Å². The van der Waals surface area contributed by atoms with Gasteiger partial charge in [0, 0.05) is 12.2 Å². The maximum absolute atomic E-state index is 12.3. The van der Waals surface area contributed by atoms with E-state index in [1.54, 1.807) is 0 Å². The number of nitrogen functional groups attached to an aromatic ring is 1. The van der Waals surface area contributed by atoms with Crippen LogP contribution in [0.2, 0.25) is 0 Å². The van der Waals surface area contributed by atoms with Crippen LogP contribution in [0.4, 0.5) is 10.5 Å². The highest BCUT2D eigenvalue weighted by Crippen LogP contribution is 2.41. The van der Waals surface area contributed by atoms with Gasteiger partial charge < -0.3 is 20.8 Å². The summed E-state index contributed by atoms with van der Waals surface area (Å²) in [5.74, 6) is -2.36. The van der Waals surface area contributed by atoms with Crippen LogP contribution in [0.1, 0.15) is 24.9 Å². The number of aliphatic carboxylic acids is 1. The van der Waals surface area contributed by atoms with Gasteiger partial charge in [-0.3, -0.25) is 4.79 Å². The summed E-state index contributed by atoms with van der Waals surface area (Å²) in [6.45, 7) is 1.49. The van der Waals surface area contributed by atoms with Gasteiger partial charge >= 0.3 is 12.1 Å². The Balaban J connectivity index is 2.68. The molecule has 0 unspecified atom stereocenters. The molecule has 0 aliphatic carbocycles. The fraction of sp³-hybridized carbons (Fsp3) is 0.429. The lowest BCUT2D eigenvalue weighted by Crippen LogP contribution is -2.33. The van der Waals surface area contributed by atoms with Crippen molar-refractivity contribution >= 4 is 27.6 Å². The van der Waals surface area contributed by atoms with Crippen LogP contribution in [-0.2, 0) is 14.6 Å². The van der Waals surface area contributed by atoms with Crippen LogP contribution in [0, 0.1) is 5.92 Å². The van der Waals surface area contributed by atoms with Gasteiger partial charge in [-0.05, 0) is 30.2 Å². The molecule has 8 nitrogen and oxygen atoms in total. The first-order valence-electron chi connectivity index (χ1n) is 7.03. The van der Waals surface area contributed by atoms with Crippen LogP contribution in [0.15, 0.2) is 23.1 Å². The molecule has 0 aromatic heterocycles. The van der Waals surface area contributed by atoms with Crippen LogP contribution in [0.25, 0.3) is 0 Å². The third kappa shape index (κ3) is 3.09. The van der Waals surface area contributed by atoms with Gasteiger partial charge in [0.15, 0.2) is 9.84 Å². The van der Waals surface area contributed by atoms with Gasteiger partial charge in [0.1, 0.15) is 0 Å². The first kappa shape index (κ1) is 17.1. The maximum atomic E-state index is 12.3. The molecule has 23 heavy (non-hydrogen) atoms. The molecule has 1 aromatic rings.